The summed E-state index contributed by atoms with van der Waals surface area (Å²) in [6, 6.07) is 5.37. The first-order chi connectivity index (χ1) is 8.49. The fraction of sp³-hybridized carbons (Fsp3) is 0.692. The van der Waals surface area contributed by atoms with Crippen LogP contribution in [0.25, 0.3) is 0 Å². The molecule has 3 nitrogen and oxygen atoms in total. The molecule has 1 aliphatic heterocycles. The van der Waals surface area contributed by atoms with Gasteiger partial charge >= 0.3 is 0 Å². The Hall–Kier alpha value is 0.0600. The molecule has 2 heterocycles. The van der Waals surface area contributed by atoms with Crippen LogP contribution in [0.1, 0.15) is 24.8 Å². The predicted molar refractivity (Wildman–Crippen MR) is 82.1 cm³/mol. The first kappa shape index (κ1) is 14.5. The maximum Gasteiger partial charge on any atom is 0.0702 e. The molecule has 1 fully saturated rings. The third-order valence-electron chi connectivity index (χ3n) is 3.62. The van der Waals surface area contributed by atoms with Crippen molar-refractivity contribution in [2.24, 2.45) is 5.73 Å². The van der Waals surface area contributed by atoms with E-state index >= 15 is 0 Å². The summed E-state index contributed by atoms with van der Waals surface area (Å²) in [5.41, 5.74) is 6.24. The van der Waals surface area contributed by atoms with Crippen LogP contribution in [0.3, 0.4) is 0 Å². The molecule has 1 aromatic heterocycles. The SMILES string of the molecule is CC(N)C(c1ccc(Br)s1)N1CCN(C)CC1C. The van der Waals surface area contributed by atoms with Gasteiger partial charge < -0.3 is 10.6 Å². The smallest absolute Gasteiger partial charge is 0.0702 e. The molecule has 0 saturated carbocycles. The van der Waals surface area contributed by atoms with Crippen LogP contribution in [0.4, 0.5) is 0 Å². The lowest BCUT2D eigenvalue weighted by Crippen LogP contribution is -2.54. The van der Waals surface area contributed by atoms with Crippen molar-refractivity contribution < 1.29 is 0 Å². The van der Waals surface area contributed by atoms with Crippen molar-refractivity contribution in [2.45, 2.75) is 32.0 Å². The van der Waals surface area contributed by atoms with Crippen LogP contribution in [-0.4, -0.2) is 48.6 Å². The molecule has 0 aliphatic carbocycles. The quantitative estimate of drug-likeness (QED) is 0.923. The van der Waals surface area contributed by atoms with E-state index in [4.69, 9.17) is 5.73 Å². The van der Waals surface area contributed by atoms with E-state index < -0.39 is 0 Å². The lowest BCUT2D eigenvalue weighted by molar-refractivity contribution is 0.0535. The number of piperazine rings is 1. The van der Waals surface area contributed by atoms with Gasteiger partial charge in [-0.05, 0) is 49.0 Å². The van der Waals surface area contributed by atoms with Crippen LogP contribution in [-0.2, 0) is 0 Å². The van der Waals surface area contributed by atoms with E-state index in [9.17, 15) is 0 Å². The largest absolute Gasteiger partial charge is 0.326 e. The molecule has 2 rings (SSSR count). The number of rotatable bonds is 3. The molecular weight excluding hydrogens is 310 g/mol. The van der Waals surface area contributed by atoms with Gasteiger partial charge in [-0.2, -0.15) is 0 Å². The Morgan fingerprint density at radius 1 is 1.44 bits per heavy atom. The van der Waals surface area contributed by atoms with Crippen molar-refractivity contribution in [3.63, 3.8) is 0 Å². The van der Waals surface area contributed by atoms with E-state index in [2.05, 4.69) is 58.8 Å². The van der Waals surface area contributed by atoms with Gasteiger partial charge in [0.05, 0.1) is 9.83 Å². The van der Waals surface area contributed by atoms with Crippen molar-refractivity contribution in [2.75, 3.05) is 26.7 Å². The molecular formula is C13H22BrN3S. The second kappa shape index (κ2) is 6.01. The summed E-state index contributed by atoms with van der Waals surface area (Å²) in [7, 11) is 2.19. The molecule has 2 N–H and O–H groups in total. The van der Waals surface area contributed by atoms with Crippen molar-refractivity contribution in [1.82, 2.24) is 9.80 Å². The van der Waals surface area contributed by atoms with Crippen LogP contribution in [0.2, 0.25) is 0 Å². The first-order valence-electron chi connectivity index (χ1n) is 6.44. The van der Waals surface area contributed by atoms with Gasteiger partial charge in [0.1, 0.15) is 0 Å². The van der Waals surface area contributed by atoms with Gasteiger partial charge in [-0.1, -0.05) is 0 Å². The van der Waals surface area contributed by atoms with Gasteiger partial charge in [0, 0.05) is 36.6 Å². The highest BCUT2D eigenvalue weighted by atomic mass is 79.9. The fourth-order valence-electron chi connectivity index (χ4n) is 2.78. The number of hydrogen-bond acceptors (Lipinski definition) is 4. The Kier molecular flexibility index (Phi) is 4.83. The molecule has 0 bridgehead atoms. The van der Waals surface area contributed by atoms with Gasteiger partial charge in [-0.25, -0.2) is 0 Å². The van der Waals surface area contributed by atoms with E-state index in [1.807, 2.05) is 0 Å². The van der Waals surface area contributed by atoms with Gasteiger partial charge in [0.25, 0.3) is 0 Å². The summed E-state index contributed by atoms with van der Waals surface area (Å²) in [6.45, 7) is 7.76. The van der Waals surface area contributed by atoms with Gasteiger partial charge in [-0.15, -0.1) is 11.3 Å². The fourth-order valence-corrected chi connectivity index (χ4v) is 4.44. The molecule has 3 atom stereocenters. The molecule has 3 unspecified atom stereocenters. The van der Waals surface area contributed by atoms with Crippen LogP contribution in [0.15, 0.2) is 15.9 Å². The van der Waals surface area contributed by atoms with Crippen LogP contribution < -0.4 is 5.73 Å². The number of nitrogens with two attached hydrogens (primary N) is 1. The molecule has 5 heteroatoms. The predicted octanol–water partition coefficient (Wildman–Crippen LogP) is 2.53. The Balaban J connectivity index is 2.20. The zero-order chi connectivity index (χ0) is 13.3. The second-order valence-electron chi connectivity index (χ2n) is 5.29. The van der Waals surface area contributed by atoms with Crippen molar-refractivity contribution >= 4 is 27.3 Å². The molecule has 0 amide bonds. The summed E-state index contributed by atoms with van der Waals surface area (Å²) in [5.74, 6) is 0. The minimum atomic E-state index is 0.154. The van der Waals surface area contributed by atoms with E-state index in [-0.39, 0.29) is 6.04 Å². The summed E-state index contributed by atoms with van der Waals surface area (Å²) in [5, 5.41) is 0. The second-order valence-corrected chi connectivity index (χ2v) is 7.79. The number of thiophene rings is 1. The molecule has 0 radical (unpaired) electrons. The highest BCUT2D eigenvalue weighted by Gasteiger charge is 2.31. The Morgan fingerprint density at radius 3 is 2.67 bits per heavy atom. The zero-order valence-electron chi connectivity index (χ0n) is 11.3. The van der Waals surface area contributed by atoms with Crippen molar-refractivity contribution in [1.29, 1.82) is 0 Å². The minimum absolute atomic E-state index is 0.154. The normalized spacial score (nSPS) is 26.2. The highest BCUT2D eigenvalue weighted by Crippen LogP contribution is 2.34. The maximum absolute atomic E-state index is 6.24. The first-order valence-corrected chi connectivity index (χ1v) is 8.05. The molecule has 0 spiro atoms. The Bertz CT molecular complexity index is 393. The average Bonchev–Trinajstić information content (AvgIpc) is 2.68. The molecule has 18 heavy (non-hydrogen) atoms. The van der Waals surface area contributed by atoms with Crippen LogP contribution >= 0.6 is 27.3 Å². The Labute approximate surface area is 122 Å². The highest BCUT2D eigenvalue weighted by molar-refractivity contribution is 9.11. The molecule has 1 aromatic rings. The summed E-state index contributed by atoms with van der Waals surface area (Å²) < 4.78 is 1.19. The van der Waals surface area contributed by atoms with Crippen LogP contribution in [0.5, 0.6) is 0 Å². The van der Waals surface area contributed by atoms with E-state index in [0.29, 0.717) is 12.1 Å². The summed E-state index contributed by atoms with van der Waals surface area (Å²) in [6.07, 6.45) is 0. The van der Waals surface area contributed by atoms with E-state index in [1.54, 1.807) is 11.3 Å². The van der Waals surface area contributed by atoms with Crippen LogP contribution in [0, 0.1) is 0 Å². The van der Waals surface area contributed by atoms with Crippen molar-refractivity contribution in [3.05, 3.63) is 20.8 Å². The lowest BCUT2D eigenvalue weighted by atomic mass is 10.0. The van der Waals surface area contributed by atoms with Gasteiger partial charge in [-0.3, -0.25) is 4.90 Å². The van der Waals surface area contributed by atoms with E-state index in [0.717, 1.165) is 19.6 Å². The zero-order valence-corrected chi connectivity index (χ0v) is 13.7. The minimum Gasteiger partial charge on any atom is -0.326 e. The van der Waals surface area contributed by atoms with Gasteiger partial charge in [0.2, 0.25) is 0 Å². The molecule has 1 saturated heterocycles. The number of halogens is 1. The third kappa shape index (κ3) is 3.14. The van der Waals surface area contributed by atoms with E-state index in [1.165, 1.54) is 8.66 Å². The number of nitrogens with zero attached hydrogens (tertiary/aromatic N) is 2. The third-order valence-corrected chi connectivity index (χ3v) is 5.32. The number of hydrogen-bond donors (Lipinski definition) is 1. The summed E-state index contributed by atoms with van der Waals surface area (Å²) in [4.78, 5) is 6.32. The maximum atomic E-state index is 6.24. The van der Waals surface area contributed by atoms with Crippen molar-refractivity contribution in [3.8, 4) is 0 Å². The molecule has 0 aromatic carbocycles. The standard InChI is InChI=1S/C13H22BrN3S/c1-9-8-16(3)6-7-17(9)13(10(2)15)11-4-5-12(14)18-11/h4-5,9-10,13H,6-8,15H2,1-3H3. The lowest BCUT2D eigenvalue weighted by Gasteiger charge is -2.44. The number of likely N-dealkylation sites (N-methyl/N-ethyl adjacent to an activating group) is 1. The van der Waals surface area contributed by atoms with Gasteiger partial charge in [0.15, 0.2) is 0 Å². The molecule has 1 aliphatic rings. The average molecular weight is 332 g/mol. The topological polar surface area (TPSA) is 32.5 Å². The Morgan fingerprint density at radius 2 is 2.17 bits per heavy atom. The molecule has 102 valence electrons. The monoisotopic (exact) mass is 331 g/mol. The summed E-state index contributed by atoms with van der Waals surface area (Å²) >= 11 is 5.35.